The Labute approximate surface area is 521 Å². The van der Waals surface area contributed by atoms with Crippen LogP contribution in [0.15, 0.2) is 72.8 Å². The van der Waals surface area contributed by atoms with Gasteiger partial charge in [0.2, 0.25) is 20.0 Å². The summed E-state index contributed by atoms with van der Waals surface area (Å²) in [4.78, 5) is 31.5. The standard InChI is InChI=1S/2C34H45ClN2O5S/c2*1-4-34(39)16-5-7-22(2)23(3)43(40,41)36-32(38)25-10-14-31-30(18-25)37(19-26-9-12-29(26)34)20-33(21-42-31)15-6-8-24-17-27(35)11-13-28(24)33/h2*10-11,13-14,17-18,22-23,26,29,39H,4-9,12,15-16,19-21H2,1-3H3,(H,36,38)/t22-,23+,26-,29+,33-,34+;22-,23+,26-,29+,33-,34-/m00/s1. The zero-order chi connectivity index (χ0) is 61.1. The lowest BCUT2D eigenvalue weighted by molar-refractivity contribution is -0.0911. The second-order valence-electron chi connectivity index (χ2n) is 27.5. The second kappa shape index (κ2) is 24.7. The Morgan fingerprint density at radius 3 is 1.33 bits per heavy atom. The van der Waals surface area contributed by atoms with E-state index in [0.717, 1.165) is 112 Å². The van der Waals surface area contributed by atoms with Crippen molar-refractivity contribution in [3.8, 4) is 11.5 Å². The number of halogens is 2. The predicted molar refractivity (Wildman–Crippen MR) is 341 cm³/mol. The van der Waals surface area contributed by atoms with Gasteiger partial charge in [0.15, 0.2) is 0 Å². The van der Waals surface area contributed by atoms with Gasteiger partial charge in [-0.15, -0.1) is 0 Å². The largest absolute Gasteiger partial charge is 0.490 e. The summed E-state index contributed by atoms with van der Waals surface area (Å²) in [5, 5.41) is 23.9. The van der Waals surface area contributed by atoms with E-state index in [2.05, 4.69) is 57.4 Å². The Balaban J connectivity index is 0.000000179. The van der Waals surface area contributed by atoms with Gasteiger partial charge in [-0.25, -0.2) is 26.3 Å². The fourth-order valence-electron chi connectivity index (χ4n) is 16.4. The molecule has 2 saturated carbocycles. The Morgan fingerprint density at radius 2 is 0.953 bits per heavy atom. The molecule has 4 bridgehead atoms. The molecule has 2 spiro atoms. The first-order chi connectivity index (χ1) is 40.9. The zero-order valence-electron chi connectivity index (χ0n) is 51.1. The van der Waals surface area contributed by atoms with Crippen LogP contribution in [-0.4, -0.2) is 100.0 Å². The van der Waals surface area contributed by atoms with Gasteiger partial charge < -0.3 is 29.5 Å². The van der Waals surface area contributed by atoms with Crippen LogP contribution in [0, 0.1) is 35.5 Å². The summed E-state index contributed by atoms with van der Waals surface area (Å²) in [5.74, 6) is 0.813. The van der Waals surface area contributed by atoms with Gasteiger partial charge in [0.25, 0.3) is 11.8 Å². The lowest BCUT2D eigenvalue weighted by Crippen LogP contribution is -2.53. The van der Waals surface area contributed by atoms with Gasteiger partial charge in [0.1, 0.15) is 11.5 Å². The maximum atomic E-state index is 13.4. The zero-order valence-corrected chi connectivity index (χ0v) is 54.3. The van der Waals surface area contributed by atoms with E-state index in [4.69, 9.17) is 32.7 Å². The van der Waals surface area contributed by atoms with E-state index in [0.29, 0.717) is 99.3 Å². The molecule has 0 aromatic heterocycles. The fraction of sp³-hybridized carbons (Fsp3) is 0.618. The maximum Gasteiger partial charge on any atom is 0.264 e. The summed E-state index contributed by atoms with van der Waals surface area (Å²) in [6, 6.07) is 22.9. The Hall–Kier alpha value is -4.58. The van der Waals surface area contributed by atoms with Crippen LogP contribution in [-0.2, 0) is 43.7 Å². The van der Waals surface area contributed by atoms with E-state index in [9.17, 15) is 36.6 Å². The summed E-state index contributed by atoms with van der Waals surface area (Å²) in [6.45, 7) is 15.2. The topological polar surface area (TPSA) is 192 Å². The molecule has 12 rings (SSSR count). The highest BCUT2D eigenvalue weighted by atomic mass is 35.5. The molecule has 0 radical (unpaired) electrons. The second-order valence-corrected chi connectivity index (χ2v) is 32.4. The monoisotopic (exact) mass is 1260 g/mol. The number of sulfonamides is 2. The van der Waals surface area contributed by atoms with Crippen molar-refractivity contribution in [3.63, 3.8) is 0 Å². The van der Waals surface area contributed by atoms with Crippen molar-refractivity contribution in [1.82, 2.24) is 9.44 Å². The summed E-state index contributed by atoms with van der Waals surface area (Å²) in [6.07, 6.45) is 15.5. The van der Waals surface area contributed by atoms with Gasteiger partial charge in [-0.05, 0) is 235 Å². The van der Waals surface area contributed by atoms with Crippen molar-refractivity contribution >= 4 is 66.4 Å². The van der Waals surface area contributed by atoms with Crippen LogP contribution in [0.4, 0.5) is 11.4 Å². The molecule has 4 N–H and O–H groups in total. The molecule has 86 heavy (non-hydrogen) atoms. The third-order valence-electron chi connectivity index (χ3n) is 22.5. The van der Waals surface area contributed by atoms with Gasteiger partial charge in [-0.3, -0.25) is 9.59 Å². The van der Waals surface area contributed by atoms with Crippen LogP contribution in [0.2, 0.25) is 10.0 Å². The quantitative estimate of drug-likeness (QED) is 0.149. The van der Waals surface area contributed by atoms with E-state index in [1.54, 1.807) is 38.1 Å². The van der Waals surface area contributed by atoms with Gasteiger partial charge in [-0.2, -0.15) is 0 Å². The number of nitrogens with one attached hydrogen (secondary N) is 2. The first-order valence-electron chi connectivity index (χ1n) is 32.1. The van der Waals surface area contributed by atoms with Crippen molar-refractivity contribution in [2.24, 2.45) is 35.5 Å². The first kappa shape index (κ1) is 63.0. The number of anilines is 2. The van der Waals surface area contributed by atoms with Crippen molar-refractivity contribution in [3.05, 3.63) is 116 Å². The molecular weight excluding hydrogens is 1170 g/mol. The minimum atomic E-state index is -3.90. The van der Waals surface area contributed by atoms with E-state index in [-0.39, 0.29) is 34.5 Å². The highest BCUT2D eigenvalue weighted by Gasteiger charge is 2.51. The number of rotatable bonds is 2. The molecule has 12 atom stereocenters. The number of aryl methyl sites for hydroxylation is 2. The smallest absolute Gasteiger partial charge is 0.264 e. The number of benzene rings is 4. The van der Waals surface area contributed by atoms with Crippen LogP contribution in [0.3, 0.4) is 0 Å². The predicted octanol–water partition coefficient (Wildman–Crippen LogP) is 12.5. The number of fused-ring (bicyclic) bond motifs is 8. The highest BCUT2D eigenvalue weighted by molar-refractivity contribution is 7.91. The molecule has 4 aromatic carbocycles. The number of carbonyl (C=O) groups is 2. The maximum absolute atomic E-state index is 13.4. The number of ether oxygens (including phenoxy) is 2. The molecule has 4 heterocycles. The number of hydrogen-bond acceptors (Lipinski definition) is 12. The third kappa shape index (κ3) is 12.3. The molecule has 2 fully saturated rings. The van der Waals surface area contributed by atoms with Crippen LogP contribution in [0.1, 0.15) is 187 Å². The lowest BCUT2D eigenvalue weighted by Gasteiger charge is -2.50. The first-order valence-corrected chi connectivity index (χ1v) is 35.9. The summed E-state index contributed by atoms with van der Waals surface area (Å²) in [7, 11) is -7.79. The minimum absolute atomic E-state index is 0.156. The molecule has 4 aliphatic carbocycles. The van der Waals surface area contributed by atoms with Gasteiger partial charge in [-0.1, -0.05) is 75.9 Å². The minimum Gasteiger partial charge on any atom is -0.490 e. The molecule has 8 aliphatic rings. The Morgan fingerprint density at radius 1 is 0.547 bits per heavy atom. The molecule has 0 unspecified atom stereocenters. The average Bonchev–Trinajstić information content (AvgIpc) is 1.54. The summed E-state index contributed by atoms with van der Waals surface area (Å²) < 4.78 is 70.9. The van der Waals surface area contributed by atoms with Crippen molar-refractivity contribution in [2.75, 3.05) is 49.2 Å². The van der Waals surface area contributed by atoms with Gasteiger partial charge in [0.05, 0.1) is 46.3 Å². The van der Waals surface area contributed by atoms with Crippen LogP contribution >= 0.6 is 23.2 Å². The van der Waals surface area contributed by atoms with Crippen molar-refractivity contribution in [1.29, 1.82) is 0 Å². The normalized spacial score (nSPS) is 34.2. The summed E-state index contributed by atoms with van der Waals surface area (Å²) >= 11 is 12.8. The van der Waals surface area contributed by atoms with Crippen LogP contribution in [0.25, 0.3) is 0 Å². The lowest BCUT2D eigenvalue weighted by atomic mass is 9.62. The molecular formula is C68H90Cl2N4O10S2. The van der Waals surface area contributed by atoms with Crippen molar-refractivity contribution in [2.45, 2.75) is 190 Å². The molecule has 2 amide bonds. The molecule has 468 valence electrons. The van der Waals surface area contributed by atoms with E-state index >= 15 is 0 Å². The number of aliphatic hydroxyl groups is 2. The van der Waals surface area contributed by atoms with Gasteiger partial charge >= 0.3 is 0 Å². The molecule has 0 saturated heterocycles. The van der Waals surface area contributed by atoms with Gasteiger partial charge in [0, 0.05) is 58.2 Å². The average molecular weight is 1260 g/mol. The number of nitrogens with zero attached hydrogens (tertiary/aromatic N) is 2. The highest BCUT2D eigenvalue weighted by Crippen LogP contribution is 2.52. The SMILES string of the molecule is CC[C@@]1(O)CCC[C@H](C)[C@@H](C)S(=O)(=O)NC(=O)c2ccc3c(c2)N(C[C@@H]2CC[C@H]21)C[C@@]1(CCCc2cc(Cl)ccc21)CO3.CC[C@]1(O)CCC[C@H](C)[C@@H](C)S(=O)(=O)NC(=O)c2ccc3c(c2)N(C[C@@H]2CC[C@H]21)C[C@@]1(CCCc2cc(Cl)ccc21)CO3. The van der Waals surface area contributed by atoms with Crippen molar-refractivity contribution < 1.29 is 46.1 Å². The third-order valence-corrected chi connectivity index (χ3v) is 26.8. The Kier molecular flexibility index (Phi) is 18.1. The van der Waals surface area contributed by atoms with E-state index < -0.39 is 53.6 Å². The Bertz CT molecular complexity index is 3220. The summed E-state index contributed by atoms with van der Waals surface area (Å²) in [5.41, 5.74) is 5.20. The molecule has 4 aliphatic heterocycles. The fourth-order valence-corrected chi connectivity index (χ4v) is 19.4. The van der Waals surface area contributed by atoms with E-state index in [1.807, 2.05) is 38.1 Å². The number of carbonyl (C=O) groups excluding carboxylic acids is 2. The van der Waals surface area contributed by atoms with Crippen LogP contribution in [0.5, 0.6) is 11.5 Å². The molecule has 18 heteroatoms. The molecule has 4 aromatic rings. The number of amides is 2. The van der Waals surface area contributed by atoms with E-state index in [1.165, 1.54) is 22.3 Å². The van der Waals surface area contributed by atoms with Crippen LogP contribution < -0.4 is 28.7 Å². The molecule has 14 nitrogen and oxygen atoms in total. The number of hydrogen-bond donors (Lipinski definition) is 4.